The van der Waals surface area contributed by atoms with E-state index in [0.29, 0.717) is 6.04 Å². The highest BCUT2D eigenvalue weighted by molar-refractivity contribution is 9.10. The standard InChI is InChI=1S/C16H24BrClN2/c1-19-15(16(20(2)3)8-4-5-9-16)10-12-6-7-13(17)11-14(12)18/h6-7,11,15,19H,4-5,8-10H2,1-3H3. The highest BCUT2D eigenvalue weighted by Crippen LogP contribution is 2.38. The number of halogens is 2. The molecule has 0 heterocycles. The third kappa shape index (κ3) is 3.22. The number of nitrogens with zero attached hydrogens (tertiary/aromatic N) is 1. The summed E-state index contributed by atoms with van der Waals surface area (Å²) in [5.41, 5.74) is 1.48. The molecule has 1 fully saturated rings. The molecule has 1 atom stereocenters. The molecule has 1 N–H and O–H groups in total. The van der Waals surface area contributed by atoms with Crippen LogP contribution in [0.1, 0.15) is 31.2 Å². The Labute approximate surface area is 136 Å². The lowest BCUT2D eigenvalue weighted by atomic mass is 9.83. The zero-order chi connectivity index (χ0) is 14.8. The third-order valence-corrected chi connectivity index (χ3v) is 5.64. The van der Waals surface area contributed by atoms with Gasteiger partial charge in [-0.3, -0.25) is 0 Å². The van der Waals surface area contributed by atoms with Crippen molar-refractivity contribution in [3.63, 3.8) is 0 Å². The van der Waals surface area contributed by atoms with Gasteiger partial charge in [-0.15, -0.1) is 0 Å². The molecule has 2 rings (SSSR count). The highest BCUT2D eigenvalue weighted by atomic mass is 79.9. The lowest BCUT2D eigenvalue weighted by Gasteiger charge is -2.43. The van der Waals surface area contributed by atoms with Gasteiger partial charge in [0.05, 0.1) is 0 Å². The number of hydrogen-bond donors (Lipinski definition) is 1. The van der Waals surface area contributed by atoms with Crippen molar-refractivity contribution in [2.75, 3.05) is 21.1 Å². The van der Waals surface area contributed by atoms with Gasteiger partial charge in [0.1, 0.15) is 0 Å². The number of hydrogen-bond acceptors (Lipinski definition) is 2. The molecule has 0 aromatic heterocycles. The fraction of sp³-hybridized carbons (Fsp3) is 0.625. The van der Waals surface area contributed by atoms with E-state index in [9.17, 15) is 0 Å². The molecule has 4 heteroatoms. The summed E-state index contributed by atoms with van der Waals surface area (Å²) >= 11 is 9.86. The Morgan fingerprint density at radius 2 is 2.00 bits per heavy atom. The van der Waals surface area contributed by atoms with E-state index in [1.807, 2.05) is 6.07 Å². The number of nitrogens with one attached hydrogen (secondary N) is 1. The lowest BCUT2D eigenvalue weighted by molar-refractivity contribution is 0.108. The molecule has 1 aromatic rings. The minimum absolute atomic E-state index is 0.255. The normalized spacial score (nSPS) is 19.5. The van der Waals surface area contributed by atoms with Crippen LogP contribution in [-0.2, 0) is 6.42 Å². The van der Waals surface area contributed by atoms with Crippen LogP contribution >= 0.6 is 27.5 Å². The second kappa shape index (κ2) is 6.78. The van der Waals surface area contributed by atoms with Gasteiger partial charge in [-0.1, -0.05) is 46.4 Å². The van der Waals surface area contributed by atoms with E-state index in [-0.39, 0.29) is 5.54 Å². The van der Waals surface area contributed by atoms with E-state index < -0.39 is 0 Å². The van der Waals surface area contributed by atoms with E-state index >= 15 is 0 Å². The zero-order valence-electron chi connectivity index (χ0n) is 12.5. The quantitative estimate of drug-likeness (QED) is 0.851. The first-order chi connectivity index (χ1) is 9.49. The SMILES string of the molecule is CNC(Cc1ccc(Br)cc1Cl)C1(N(C)C)CCCC1. The first-order valence-corrected chi connectivity index (χ1v) is 8.45. The van der Waals surface area contributed by atoms with Crippen molar-refractivity contribution in [2.24, 2.45) is 0 Å². The maximum absolute atomic E-state index is 6.39. The van der Waals surface area contributed by atoms with Crippen LogP contribution in [0.15, 0.2) is 22.7 Å². The minimum atomic E-state index is 0.255. The van der Waals surface area contributed by atoms with Crippen molar-refractivity contribution in [3.8, 4) is 0 Å². The molecule has 112 valence electrons. The van der Waals surface area contributed by atoms with Crippen molar-refractivity contribution in [1.82, 2.24) is 10.2 Å². The third-order valence-electron chi connectivity index (χ3n) is 4.80. The molecule has 1 aromatic carbocycles. The van der Waals surface area contributed by atoms with Crippen LogP contribution in [0.5, 0.6) is 0 Å². The summed E-state index contributed by atoms with van der Waals surface area (Å²) in [4.78, 5) is 2.41. The summed E-state index contributed by atoms with van der Waals surface area (Å²) < 4.78 is 1.04. The molecule has 0 aliphatic heterocycles. The molecule has 0 spiro atoms. The van der Waals surface area contributed by atoms with Crippen LogP contribution in [0.25, 0.3) is 0 Å². The van der Waals surface area contributed by atoms with Gasteiger partial charge in [-0.25, -0.2) is 0 Å². The van der Waals surface area contributed by atoms with E-state index in [2.05, 4.69) is 59.4 Å². The van der Waals surface area contributed by atoms with Crippen molar-refractivity contribution in [3.05, 3.63) is 33.3 Å². The van der Waals surface area contributed by atoms with Gasteiger partial charge >= 0.3 is 0 Å². The molecule has 1 unspecified atom stereocenters. The summed E-state index contributed by atoms with van der Waals surface area (Å²) in [6.07, 6.45) is 6.15. The number of benzene rings is 1. The van der Waals surface area contributed by atoms with Gasteiger partial charge in [-0.05, 0) is 58.1 Å². The van der Waals surface area contributed by atoms with Crippen LogP contribution in [0.2, 0.25) is 5.02 Å². The Balaban J connectivity index is 2.23. The molecule has 1 saturated carbocycles. The molecule has 20 heavy (non-hydrogen) atoms. The van der Waals surface area contributed by atoms with Gasteiger partial charge in [0.2, 0.25) is 0 Å². The second-order valence-electron chi connectivity index (χ2n) is 5.99. The maximum atomic E-state index is 6.39. The molecule has 2 nitrogen and oxygen atoms in total. The first-order valence-electron chi connectivity index (χ1n) is 7.28. The molecular weight excluding hydrogens is 336 g/mol. The predicted molar refractivity (Wildman–Crippen MR) is 90.6 cm³/mol. The van der Waals surface area contributed by atoms with Crippen molar-refractivity contribution in [1.29, 1.82) is 0 Å². The number of likely N-dealkylation sites (N-methyl/N-ethyl adjacent to an activating group) is 2. The van der Waals surface area contributed by atoms with Crippen molar-refractivity contribution >= 4 is 27.5 Å². The molecule has 1 aliphatic carbocycles. The van der Waals surface area contributed by atoms with Crippen LogP contribution < -0.4 is 5.32 Å². The smallest absolute Gasteiger partial charge is 0.0449 e. The van der Waals surface area contributed by atoms with Gasteiger partial charge in [0.25, 0.3) is 0 Å². The fourth-order valence-corrected chi connectivity index (χ4v) is 4.31. The van der Waals surface area contributed by atoms with Crippen LogP contribution in [-0.4, -0.2) is 37.6 Å². The fourth-order valence-electron chi connectivity index (χ4n) is 3.56. The topological polar surface area (TPSA) is 15.3 Å². The molecule has 0 bridgehead atoms. The predicted octanol–water partition coefficient (Wildman–Crippen LogP) is 4.11. The summed E-state index contributed by atoms with van der Waals surface area (Å²) in [5.74, 6) is 0. The molecule has 0 amide bonds. The Hall–Kier alpha value is -0.0900. The summed E-state index contributed by atoms with van der Waals surface area (Å²) in [5, 5.41) is 4.40. The van der Waals surface area contributed by atoms with Crippen LogP contribution in [0.4, 0.5) is 0 Å². The maximum Gasteiger partial charge on any atom is 0.0449 e. The Kier molecular flexibility index (Phi) is 5.52. The average molecular weight is 360 g/mol. The van der Waals surface area contributed by atoms with E-state index in [0.717, 1.165) is 15.9 Å². The molecule has 1 aliphatic rings. The zero-order valence-corrected chi connectivity index (χ0v) is 14.9. The van der Waals surface area contributed by atoms with Crippen molar-refractivity contribution < 1.29 is 0 Å². The number of rotatable bonds is 5. The highest BCUT2D eigenvalue weighted by Gasteiger charge is 2.42. The van der Waals surface area contributed by atoms with Crippen LogP contribution in [0.3, 0.4) is 0 Å². The van der Waals surface area contributed by atoms with Crippen LogP contribution in [0, 0.1) is 0 Å². The Bertz CT molecular complexity index is 456. The Morgan fingerprint density at radius 1 is 1.35 bits per heavy atom. The van der Waals surface area contributed by atoms with E-state index in [1.54, 1.807) is 0 Å². The lowest BCUT2D eigenvalue weighted by Crippen LogP contribution is -2.57. The molecule has 0 saturated heterocycles. The van der Waals surface area contributed by atoms with Crippen molar-refractivity contribution in [2.45, 2.75) is 43.7 Å². The minimum Gasteiger partial charge on any atom is -0.315 e. The van der Waals surface area contributed by atoms with E-state index in [1.165, 1.54) is 31.2 Å². The molecule has 0 radical (unpaired) electrons. The van der Waals surface area contributed by atoms with E-state index in [4.69, 9.17) is 11.6 Å². The monoisotopic (exact) mass is 358 g/mol. The van der Waals surface area contributed by atoms with Gasteiger partial charge in [0.15, 0.2) is 0 Å². The average Bonchev–Trinajstić information content (AvgIpc) is 2.88. The largest absolute Gasteiger partial charge is 0.315 e. The summed E-state index contributed by atoms with van der Waals surface area (Å²) in [6.45, 7) is 0. The van der Waals surface area contributed by atoms with Gasteiger partial charge < -0.3 is 10.2 Å². The van der Waals surface area contributed by atoms with Gasteiger partial charge in [0, 0.05) is 21.1 Å². The summed E-state index contributed by atoms with van der Waals surface area (Å²) in [7, 11) is 6.48. The van der Waals surface area contributed by atoms with Gasteiger partial charge in [-0.2, -0.15) is 0 Å². The molecular formula is C16H24BrClN2. The first kappa shape index (κ1) is 16.3. The Morgan fingerprint density at radius 3 is 2.50 bits per heavy atom. The second-order valence-corrected chi connectivity index (χ2v) is 7.31. The summed E-state index contributed by atoms with van der Waals surface area (Å²) in [6, 6.07) is 6.62.